The number of hydrogen-bond donors (Lipinski definition) is 4. The number of likely N-dealkylation sites (tertiary alicyclic amines) is 1. The fourth-order valence-electron chi connectivity index (χ4n) is 10.9. The van der Waals surface area contributed by atoms with E-state index >= 15 is 4.79 Å². The number of hydrogen-bond acceptors (Lipinski definition) is 7. The molecule has 54 heavy (non-hydrogen) atoms. The molecule has 5 atom stereocenters. The van der Waals surface area contributed by atoms with Crippen LogP contribution in [0.15, 0.2) is 0 Å². The summed E-state index contributed by atoms with van der Waals surface area (Å²) in [5.41, 5.74) is -3.41. The zero-order chi connectivity index (χ0) is 39.5. The third-order valence-electron chi connectivity index (χ3n) is 15.2. The van der Waals surface area contributed by atoms with E-state index in [4.69, 9.17) is 6.42 Å². The summed E-state index contributed by atoms with van der Waals surface area (Å²) in [4.78, 5) is 71.9. The molecule has 1 saturated heterocycles. The predicted molar refractivity (Wildman–Crippen MR) is 206 cm³/mol. The molecule has 0 aromatic carbocycles. The lowest BCUT2D eigenvalue weighted by Crippen LogP contribution is -2.65. The summed E-state index contributed by atoms with van der Waals surface area (Å²) in [6.45, 7) is 11.9. The van der Waals surface area contributed by atoms with Crippen molar-refractivity contribution in [2.24, 2.45) is 28.1 Å². The molecule has 1 spiro atoms. The Kier molecular flexibility index (Phi) is 10.6. The van der Waals surface area contributed by atoms with Crippen LogP contribution in [0.25, 0.3) is 0 Å². The predicted octanol–water partition coefficient (Wildman–Crippen LogP) is 4.16. The Balaban J connectivity index is 1.27. The molecule has 5 aliphatic carbocycles. The fourth-order valence-corrected chi connectivity index (χ4v) is 12.8. The molecule has 0 bridgehead atoms. The summed E-state index contributed by atoms with van der Waals surface area (Å²) in [7, 11) is -3.59. The first-order valence-electron chi connectivity index (χ1n) is 20.5. The van der Waals surface area contributed by atoms with Crippen LogP contribution in [0, 0.1) is 40.4 Å². The van der Waals surface area contributed by atoms with Gasteiger partial charge in [-0.05, 0) is 81.5 Å². The molecule has 5 amide bonds. The molecular formula is C41H63N5O7S. The zero-order valence-corrected chi connectivity index (χ0v) is 34.1. The van der Waals surface area contributed by atoms with Crippen LogP contribution in [0.1, 0.15) is 138 Å². The van der Waals surface area contributed by atoms with Crippen LogP contribution in [-0.4, -0.2) is 89.6 Å². The van der Waals surface area contributed by atoms with Crippen molar-refractivity contribution in [2.45, 2.75) is 166 Å². The fraction of sp³-hybridized carbons (Fsp3) is 0.829. The van der Waals surface area contributed by atoms with Gasteiger partial charge in [0.2, 0.25) is 17.6 Å². The van der Waals surface area contributed by atoms with Gasteiger partial charge < -0.3 is 26.2 Å². The maximum atomic E-state index is 15.2. The lowest BCUT2D eigenvalue weighted by Gasteiger charge is -2.45. The van der Waals surface area contributed by atoms with Gasteiger partial charge in [0.1, 0.15) is 11.6 Å². The molecule has 5 saturated carbocycles. The zero-order valence-electron chi connectivity index (χ0n) is 33.3. The average molecular weight is 770 g/mol. The standard InChI is InChI=1S/C41H63N5O7S/c1-8-22-42-32(48)30(47)28(23-27-16-17-27)43-34(50)41-25-40(41)29(37(40,5)6)24-46(41)33(49)31(38(7)18-12-10-13-19-38)44-35(51)45-39(20-14-11-15-21-39)26-54(52,53)36(3,4)9-2/h1,27-29,31H,9-26H2,2-7H3,(H,42,48)(H,43,50)(H2,44,45,51)/t28?,29?,31-,40?,41?/m1/s1. The summed E-state index contributed by atoms with van der Waals surface area (Å²) in [6, 6.07) is -2.55. The SMILES string of the molecule is C#CCNC(=O)C(=O)C(CC1CC1)NC(=O)C12CC13C(CN2C(=O)[C@@H](NC(=O)NC1(CS(=O)(=O)C(C)(C)CC)CCCCC1)C1(C)CCCCC1)C3(C)C. The number of piperidine rings is 2. The third-order valence-corrected chi connectivity index (χ3v) is 18.1. The molecule has 0 aromatic rings. The summed E-state index contributed by atoms with van der Waals surface area (Å²) in [6.07, 6.45) is 16.2. The second-order valence-corrected chi connectivity index (χ2v) is 21.8. The van der Waals surface area contributed by atoms with E-state index in [0.29, 0.717) is 51.5 Å². The highest BCUT2D eigenvalue weighted by atomic mass is 32.2. The van der Waals surface area contributed by atoms with Crippen LogP contribution < -0.4 is 21.3 Å². The first-order chi connectivity index (χ1) is 25.3. The van der Waals surface area contributed by atoms with Gasteiger partial charge >= 0.3 is 6.03 Å². The van der Waals surface area contributed by atoms with Crippen LogP contribution in [0.5, 0.6) is 0 Å². The molecule has 6 fully saturated rings. The largest absolute Gasteiger partial charge is 0.344 e. The number of ketones is 1. The van der Waals surface area contributed by atoms with E-state index in [2.05, 4.69) is 41.0 Å². The van der Waals surface area contributed by atoms with Crippen molar-refractivity contribution < 1.29 is 32.4 Å². The topological polar surface area (TPSA) is 171 Å². The number of sulfone groups is 1. The smallest absolute Gasteiger partial charge is 0.315 e. The normalized spacial score (nSPS) is 29.9. The van der Waals surface area contributed by atoms with Gasteiger partial charge in [0.15, 0.2) is 9.84 Å². The van der Waals surface area contributed by atoms with E-state index in [1.54, 1.807) is 18.7 Å². The van der Waals surface area contributed by atoms with Crippen molar-refractivity contribution in [2.75, 3.05) is 18.8 Å². The van der Waals surface area contributed by atoms with Crippen LogP contribution >= 0.6 is 0 Å². The van der Waals surface area contributed by atoms with Crippen molar-refractivity contribution >= 4 is 39.4 Å². The second-order valence-electron chi connectivity index (χ2n) is 19.1. The van der Waals surface area contributed by atoms with E-state index in [-0.39, 0.29) is 35.5 Å². The molecular weight excluding hydrogens is 707 g/mol. The van der Waals surface area contributed by atoms with Crippen molar-refractivity contribution in [1.29, 1.82) is 0 Å². The number of rotatable bonds is 15. The Bertz CT molecular complexity index is 1700. The summed E-state index contributed by atoms with van der Waals surface area (Å²) in [5.74, 6) is 0.108. The molecule has 0 aromatic heterocycles. The van der Waals surface area contributed by atoms with Crippen LogP contribution in [-0.2, 0) is 29.0 Å². The molecule has 6 aliphatic rings. The number of carbonyl (C=O) groups excluding carboxylic acids is 5. The van der Waals surface area contributed by atoms with E-state index in [0.717, 1.165) is 51.4 Å². The van der Waals surface area contributed by atoms with Crippen LogP contribution in [0.3, 0.4) is 0 Å². The molecule has 4 unspecified atom stereocenters. The van der Waals surface area contributed by atoms with Gasteiger partial charge in [-0.25, -0.2) is 13.2 Å². The number of urea groups is 1. The second kappa shape index (κ2) is 14.1. The van der Waals surface area contributed by atoms with Gasteiger partial charge in [0.05, 0.1) is 28.6 Å². The lowest BCUT2D eigenvalue weighted by molar-refractivity contribution is -0.147. The Morgan fingerprint density at radius 1 is 0.926 bits per heavy atom. The van der Waals surface area contributed by atoms with Gasteiger partial charge in [-0.3, -0.25) is 19.2 Å². The van der Waals surface area contributed by atoms with E-state index in [1.165, 1.54) is 0 Å². The highest BCUT2D eigenvalue weighted by Crippen LogP contribution is 2.91. The molecule has 1 aliphatic heterocycles. The third kappa shape index (κ3) is 6.74. The highest BCUT2D eigenvalue weighted by Gasteiger charge is 2.98. The Hall–Kier alpha value is -3.14. The minimum Gasteiger partial charge on any atom is -0.344 e. The molecule has 1 heterocycles. The highest BCUT2D eigenvalue weighted by molar-refractivity contribution is 7.92. The van der Waals surface area contributed by atoms with Crippen molar-refractivity contribution in [3.05, 3.63) is 0 Å². The number of Topliss-reactive ketones (excluding diaryl/α,β-unsaturated/α-hetero) is 1. The Labute approximate surface area is 322 Å². The summed E-state index contributed by atoms with van der Waals surface area (Å²) < 4.78 is 26.5. The van der Waals surface area contributed by atoms with E-state index in [1.807, 2.05) is 13.8 Å². The van der Waals surface area contributed by atoms with Crippen LogP contribution in [0.4, 0.5) is 4.79 Å². The van der Waals surface area contributed by atoms with Gasteiger partial charge in [0, 0.05) is 12.0 Å². The molecule has 6 rings (SSSR count). The van der Waals surface area contributed by atoms with Gasteiger partial charge in [0.25, 0.3) is 5.91 Å². The number of carbonyl (C=O) groups is 5. The minimum atomic E-state index is -3.59. The molecule has 12 nitrogen and oxygen atoms in total. The van der Waals surface area contributed by atoms with Gasteiger partial charge in [-0.15, -0.1) is 6.42 Å². The van der Waals surface area contributed by atoms with Gasteiger partial charge in [-0.1, -0.05) is 85.0 Å². The first-order valence-corrected chi connectivity index (χ1v) is 22.1. The number of nitrogens with one attached hydrogen (secondary N) is 4. The lowest BCUT2D eigenvalue weighted by atomic mass is 9.70. The number of nitrogens with zero attached hydrogens (tertiary/aromatic N) is 1. The number of amides is 5. The van der Waals surface area contributed by atoms with Crippen LogP contribution in [0.2, 0.25) is 0 Å². The van der Waals surface area contributed by atoms with E-state index < -0.39 is 72.2 Å². The van der Waals surface area contributed by atoms with E-state index in [9.17, 15) is 27.6 Å². The Morgan fingerprint density at radius 2 is 1.54 bits per heavy atom. The van der Waals surface area contributed by atoms with Gasteiger partial charge in [-0.2, -0.15) is 0 Å². The molecule has 300 valence electrons. The monoisotopic (exact) mass is 769 g/mol. The summed E-state index contributed by atoms with van der Waals surface area (Å²) >= 11 is 0. The molecule has 4 N–H and O–H groups in total. The summed E-state index contributed by atoms with van der Waals surface area (Å²) in [5, 5.41) is 11.6. The van der Waals surface area contributed by atoms with Crippen molar-refractivity contribution in [1.82, 2.24) is 26.2 Å². The Morgan fingerprint density at radius 3 is 2.09 bits per heavy atom. The maximum Gasteiger partial charge on any atom is 0.315 e. The minimum absolute atomic E-state index is 0.0717. The maximum absolute atomic E-state index is 15.2. The quantitative estimate of drug-likeness (QED) is 0.143. The average Bonchev–Trinajstić information content (AvgIpc) is 4.08. The van der Waals surface area contributed by atoms with Crippen molar-refractivity contribution in [3.63, 3.8) is 0 Å². The first kappa shape index (κ1) is 40.5. The molecule has 13 heteroatoms. The van der Waals surface area contributed by atoms with Crippen molar-refractivity contribution in [3.8, 4) is 12.3 Å². The number of terminal acetylenes is 1. The molecule has 0 radical (unpaired) electrons.